The summed E-state index contributed by atoms with van der Waals surface area (Å²) >= 11 is 0. The minimum atomic E-state index is -0.277. The molecule has 1 N–H and O–H groups in total. The molecule has 1 aliphatic heterocycles. The van der Waals surface area contributed by atoms with E-state index in [9.17, 15) is 9.90 Å². The molecule has 2 aromatic rings. The molecule has 134 valence electrons. The molecule has 0 radical (unpaired) electrons. The van der Waals surface area contributed by atoms with E-state index in [-0.39, 0.29) is 17.9 Å². The van der Waals surface area contributed by atoms with Gasteiger partial charge in [0, 0.05) is 37.3 Å². The first-order valence-corrected chi connectivity index (χ1v) is 8.98. The Labute approximate surface area is 146 Å². The van der Waals surface area contributed by atoms with Crippen LogP contribution in [0.25, 0.3) is 11.3 Å². The largest absolute Gasteiger partial charge is 0.393 e. The zero-order valence-corrected chi connectivity index (χ0v) is 14.9. The summed E-state index contributed by atoms with van der Waals surface area (Å²) in [5.41, 5.74) is 3.11. The maximum Gasteiger partial charge on any atom is 0.276 e. The van der Waals surface area contributed by atoms with Gasteiger partial charge in [0.2, 0.25) is 0 Å². The predicted molar refractivity (Wildman–Crippen MR) is 91.0 cm³/mol. The summed E-state index contributed by atoms with van der Waals surface area (Å²) in [5, 5.41) is 18.5. The highest BCUT2D eigenvalue weighted by Crippen LogP contribution is 2.38. The molecule has 4 rings (SSSR count). The molecule has 7 heteroatoms. The van der Waals surface area contributed by atoms with E-state index in [1.165, 1.54) is 0 Å². The molecule has 1 aliphatic carbocycles. The number of amides is 1. The van der Waals surface area contributed by atoms with E-state index in [0.29, 0.717) is 30.5 Å². The van der Waals surface area contributed by atoms with Gasteiger partial charge in [0.15, 0.2) is 11.5 Å². The number of nitrogens with zero attached hydrogens (tertiary/aromatic N) is 4. The fraction of sp³-hybridized carbons (Fsp3) is 0.611. The molecule has 1 saturated carbocycles. The summed E-state index contributed by atoms with van der Waals surface area (Å²) in [6.07, 6.45) is 1.57. The van der Waals surface area contributed by atoms with E-state index < -0.39 is 0 Å². The summed E-state index contributed by atoms with van der Waals surface area (Å²) in [4.78, 5) is 14.6. The Balaban J connectivity index is 1.56. The highest BCUT2D eigenvalue weighted by Gasteiger charge is 2.43. The van der Waals surface area contributed by atoms with Gasteiger partial charge in [0.25, 0.3) is 5.91 Å². The molecule has 1 amide bonds. The van der Waals surface area contributed by atoms with Gasteiger partial charge in [-0.3, -0.25) is 9.48 Å². The second-order valence-electron chi connectivity index (χ2n) is 7.22. The fourth-order valence-electron chi connectivity index (χ4n) is 4.42. The standard InChI is InChI=1S/C18H24N4O3/c1-4-22-11(3)17(10(2)19-22)16-7-14(20-25-16)18(24)21-8-12-5-6-15(23)13(12)9-21/h7,12-13,15,23H,4-6,8-9H2,1-3H3/t12-,13+,15-/m1/s1. The van der Waals surface area contributed by atoms with Crippen LogP contribution in [-0.4, -0.2) is 50.0 Å². The summed E-state index contributed by atoms with van der Waals surface area (Å²) < 4.78 is 7.38. The Morgan fingerprint density at radius 1 is 1.36 bits per heavy atom. The zero-order chi connectivity index (χ0) is 17.7. The topological polar surface area (TPSA) is 84.4 Å². The van der Waals surface area contributed by atoms with Crippen molar-refractivity contribution in [2.24, 2.45) is 11.8 Å². The summed E-state index contributed by atoms with van der Waals surface area (Å²) in [7, 11) is 0. The number of aliphatic hydroxyl groups excluding tert-OH is 1. The van der Waals surface area contributed by atoms with E-state index in [1.807, 2.05) is 25.5 Å². The van der Waals surface area contributed by atoms with Crippen LogP contribution in [0.5, 0.6) is 0 Å². The summed E-state index contributed by atoms with van der Waals surface area (Å²) in [6.45, 7) is 8.06. The van der Waals surface area contributed by atoms with Gasteiger partial charge in [-0.25, -0.2) is 0 Å². The summed E-state index contributed by atoms with van der Waals surface area (Å²) in [5.74, 6) is 1.09. The highest BCUT2D eigenvalue weighted by atomic mass is 16.5. The van der Waals surface area contributed by atoms with Crippen molar-refractivity contribution in [3.63, 3.8) is 0 Å². The Bertz CT molecular complexity index is 809. The normalized spacial score (nSPS) is 25.6. The van der Waals surface area contributed by atoms with Crippen LogP contribution in [0.4, 0.5) is 0 Å². The molecule has 0 aromatic carbocycles. The third-order valence-electron chi connectivity index (χ3n) is 5.76. The minimum absolute atomic E-state index is 0.116. The highest BCUT2D eigenvalue weighted by molar-refractivity contribution is 5.93. The molecule has 25 heavy (non-hydrogen) atoms. The molecule has 2 aliphatic rings. The molecule has 7 nitrogen and oxygen atoms in total. The van der Waals surface area contributed by atoms with Crippen molar-refractivity contribution >= 4 is 5.91 Å². The molecule has 0 spiro atoms. The number of hydrogen-bond donors (Lipinski definition) is 1. The molecule has 1 saturated heterocycles. The zero-order valence-electron chi connectivity index (χ0n) is 14.9. The van der Waals surface area contributed by atoms with Crippen LogP contribution in [0.1, 0.15) is 41.6 Å². The van der Waals surface area contributed by atoms with Crippen LogP contribution < -0.4 is 0 Å². The number of aryl methyl sites for hydroxylation is 2. The van der Waals surface area contributed by atoms with Crippen molar-refractivity contribution in [3.8, 4) is 11.3 Å². The van der Waals surface area contributed by atoms with Gasteiger partial charge >= 0.3 is 0 Å². The lowest BCUT2D eigenvalue weighted by Gasteiger charge is -2.16. The third kappa shape index (κ3) is 2.57. The van der Waals surface area contributed by atoms with Gasteiger partial charge in [0.1, 0.15) is 0 Å². The smallest absolute Gasteiger partial charge is 0.276 e. The third-order valence-corrected chi connectivity index (χ3v) is 5.76. The van der Waals surface area contributed by atoms with Crippen LogP contribution >= 0.6 is 0 Å². The Morgan fingerprint density at radius 2 is 2.16 bits per heavy atom. The van der Waals surface area contributed by atoms with E-state index >= 15 is 0 Å². The second-order valence-corrected chi connectivity index (χ2v) is 7.22. The van der Waals surface area contributed by atoms with Crippen molar-refractivity contribution in [3.05, 3.63) is 23.1 Å². The average Bonchev–Trinajstić information content (AvgIpc) is 3.33. The second kappa shape index (κ2) is 5.98. The minimum Gasteiger partial charge on any atom is -0.393 e. The van der Waals surface area contributed by atoms with Crippen LogP contribution in [0.3, 0.4) is 0 Å². The number of carbonyl (C=O) groups excluding carboxylic acids is 1. The van der Waals surface area contributed by atoms with Crippen LogP contribution in [0.2, 0.25) is 0 Å². The molecular weight excluding hydrogens is 320 g/mol. The average molecular weight is 344 g/mol. The molecule has 2 aromatic heterocycles. The Kier molecular flexibility index (Phi) is 3.91. The number of fused-ring (bicyclic) bond motifs is 1. The lowest BCUT2D eigenvalue weighted by Crippen LogP contribution is -2.31. The van der Waals surface area contributed by atoms with Gasteiger partial charge < -0.3 is 14.5 Å². The predicted octanol–water partition coefficient (Wildman–Crippen LogP) is 2.02. The molecule has 3 heterocycles. The van der Waals surface area contributed by atoms with Gasteiger partial charge in [0.05, 0.1) is 17.4 Å². The van der Waals surface area contributed by atoms with Crippen molar-refractivity contribution < 1.29 is 14.4 Å². The lowest BCUT2D eigenvalue weighted by molar-refractivity contribution is 0.0742. The SMILES string of the molecule is CCn1nc(C)c(-c2cc(C(=O)N3C[C@H]4CC[C@@H](O)[C@H]4C3)no2)c1C. The van der Waals surface area contributed by atoms with Crippen LogP contribution in [0.15, 0.2) is 10.6 Å². The van der Waals surface area contributed by atoms with Crippen LogP contribution in [0, 0.1) is 25.7 Å². The maximum absolute atomic E-state index is 12.8. The van der Waals surface area contributed by atoms with Gasteiger partial charge in [-0.15, -0.1) is 0 Å². The first-order chi connectivity index (χ1) is 12.0. The molecule has 2 fully saturated rings. The van der Waals surface area contributed by atoms with E-state index in [1.54, 1.807) is 11.0 Å². The first kappa shape index (κ1) is 16.3. The van der Waals surface area contributed by atoms with E-state index in [4.69, 9.17) is 4.52 Å². The summed E-state index contributed by atoms with van der Waals surface area (Å²) in [6, 6.07) is 1.71. The van der Waals surface area contributed by atoms with Crippen molar-refractivity contribution in [2.45, 2.75) is 46.3 Å². The Morgan fingerprint density at radius 3 is 2.84 bits per heavy atom. The number of aromatic nitrogens is 3. The van der Waals surface area contributed by atoms with E-state index in [0.717, 1.165) is 36.3 Å². The quantitative estimate of drug-likeness (QED) is 0.921. The molecule has 0 unspecified atom stereocenters. The van der Waals surface area contributed by atoms with Crippen LogP contribution in [-0.2, 0) is 6.54 Å². The van der Waals surface area contributed by atoms with E-state index in [2.05, 4.69) is 10.3 Å². The van der Waals surface area contributed by atoms with Gasteiger partial charge in [-0.05, 0) is 39.5 Å². The number of rotatable bonds is 3. The monoisotopic (exact) mass is 344 g/mol. The number of likely N-dealkylation sites (tertiary alicyclic amines) is 1. The number of carbonyl (C=O) groups is 1. The van der Waals surface area contributed by atoms with Gasteiger partial charge in [-0.2, -0.15) is 5.10 Å². The maximum atomic E-state index is 12.8. The number of aliphatic hydroxyl groups is 1. The molecule has 0 bridgehead atoms. The molecular formula is C18H24N4O3. The lowest BCUT2D eigenvalue weighted by atomic mass is 10.00. The fourth-order valence-corrected chi connectivity index (χ4v) is 4.42. The van der Waals surface area contributed by atoms with Gasteiger partial charge in [-0.1, -0.05) is 5.16 Å². The van der Waals surface area contributed by atoms with Crippen molar-refractivity contribution in [2.75, 3.05) is 13.1 Å². The van der Waals surface area contributed by atoms with Crippen molar-refractivity contribution in [1.29, 1.82) is 0 Å². The Hall–Kier alpha value is -2.15. The molecule has 3 atom stereocenters. The number of hydrogen-bond acceptors (Lipinski definition) is 5. The van der Waals surface area contributed by atoms with Crippen molar-refractivity contribution in [1.82, 2.24) is 19.8 Å². The first-order valence-electron chi connectivity index (χ1n) is 8.98.